The van der Waals surface area contributed by atoms with Crippen LogP contribution in [0.2, 0.25) is 0 Å². The van der Waals surface area contributed by atoms with Crippen molar-refractivity contribution in [1.82, 2.24) is 14.5 Å². The first-order valence-corrected chi connectivity index (χ1v) is 17.4. The lowest BCUT2D eigenvalue weighted by Gasteiger charge is -2.50. The lowest BCUT2D eigenvalue weighted by molar-refractivity contribution is -0.147. The summed E-state index contributed by atoms with van der Waals surface area (Å²) in [5, 5.41) is 12.4. The van der Waals surface area contributed by atoms with E-state index in [1.807, 2.05) is 75.4 Å². The molecule has 3 fully saturated rings. The summed E-state index contributed by atoms with van der Waals surface area (Å²) < 4.78 is 27.1. The molecule has 2 amide bonds. The molecule has 3 heterocycles. The van der Waals surface area contributed by atoms with Gasteiger partial charge in [0.2, 0.25) is 11.8 Å². The van der Waals surface area contributed by atoms with E-state index < -0.39 is 27.7 Å². The second kappa shape index (κ2) is 12.3. The summed E-state index contributed by atoms with van der Waals surface area (Å²) in [5.74, 6) is 0.958. The lowest BCUT2D eigenvalue weighted by atomic mass is 9.87. The molecular weight excluding hydrogens is 623 g/mol. The van der Waals surface area contributed by atoms with E-state index in [9.17, 15) is 14.1 Å². The number of nitrogens with two attached hydrogens (primary N) is 1. The van der Waals surface area contributed by atoms with Crippen molar-refractivity contribution in [2.75, 3.05) is 19.8 Å². The van der Waals surface area contributed by atoms with Crippen LogP contribution in [0.1, 0.15) is 56.5 Å². The van der Waals surface area contributed by atoms with Crippen molar-refractivity contribution in [3.63, 3.8) is 0 Å². The number of likely N-dealkylation sites (tertiary alicyclic amines) is 1. The number of nitrogens with one attached hydrogen (secondary N) is 2. The number of amides is 2. The smallest absolute Gasteiger partial charge is 0.243 e. The van der Waals surface area contributed by atoms with Crippen LogP contribution in [0.4, 0.5) is 0 Å². The highest BCUT2D eigenvalue weighted by Crippen LogP contribution is 2.59. The SMILES string of the molecule is CC(C)(C)[S+]([O-])N(CC(=O)N1[C@H]2C[C@@]2(C)C[C@H]1C(=O)NCc1cc(C(=N)N)cs1)C1(c2ccc(Oc3ccccc3)cc2)COC1. The Morgan fingerprint density at radius 1 is 1.15 bits per heavy atom. The van der Waals surface area contributed by atoms with Gasteiger partial charge in [0.25, 0.3) is 0 Å². The molecule has 2 aliphatic heterocycles. The largest absolute Gasteiger partial charge is 0.597 e. The van der Waals surface area contributed by atoms with Crippen molar-refractivity contribution < 1.29 is 23.6 Å². The Kier molecular flexibility index (Phi) is 8.70. The van der Waals surface area contributed by atoms with Crippen molar-refractivity contribution in [3.8, 4) is 11.5 Å². The molecule has 1 aliphatic carbocycles. The van der Waals surface area contributed by atoms with Crippen LogP contribution >= 0.6 is 11.3 Å². The number of hydrogen-bond donors (Lipinski definition) is 3. The highest BCUT2D eigenvalue weighted by atomic mass is 32.2. The number of carbonyl (C=O) groups excluding carboxylic acids is 2. The minimum Gasteiger partial charge on any atom is -0.597 e. The highest BCUT2D eigenvalue weighted by Gasteiger charge is 2.65. The number of benzene rings is 2. The average molecular weight is 664 g/mol. The highest BCUT2D eigenvalue weighted by molar-refractivity contribution is 7.90. The number of piperidine rings is 1. The third-order valence-electron chi connectivity index (χ3n) is 9.16. The van der Waals surface area contributed by atoms with Crippen LogP contribution in [-0.4, -0.2) is 68.0 Å². The Balaban J connectivity index is 1.22. The van der Waals surface area contributed by atoms with E-state index in [0.29, 0.717) is 24.3 Å². The zero-order valence-electron chi connectivity index (χ0n) is 26.6. The molecule has 0 bridgehead atoms. The molecule has 10 nitrogen and oxygen atoms in total. The van der Waals surface area contributed by atoms with Gasteiger partial charge in [-0.2, -0.15) is 0 Å². The minimum absolute atomic E-state index is 0.0160. The standard InChI is InChI=1S/C34H41N5O5S2/c1-32(2,3)46(42)38(34(20-43-21-34)23-10-12-25(13-11-23)44-24-8-6-5-7-9-24)18-29(40)39-27(15-33(4)16-28(33)39)31(41)37-17-26-14-22(19-45-26)30(35)36/h5-14,19,27-28H,15-18,20-21H2,1-4H3,(H3,35,36)(H,37,41)/t27-,28-,33+,46?/m0/s1. The van der Waals surface area contributed by atoms with E-state index in [0.717, 1.165) is 22.6 Å². The maximum absolute atomic E-state index is 14.3. The summed E-state index contributed by atoms with van der Waals surface area (Å²) in [6, 6.07) is 18.3. The second-order valence-electron chi connectivity index (χ2n) is 13.7. The summed E-state index contributed by atoms with van der Waals surface area (Å²) >= 11 is -0.137. The van der Waals surface area contributed by atoms with E-state index in [1.54, 1.807) is 20.7 Å². The van der Waals surface area contributed by atoms with E-state index in [1.165, 1.54) is 11.3 Å². The monoisotopic (exact) mass is 663 g/mol. The first-order chi connectivity index (χ1) is 21.8. The summed E-state index contributed by atoms with van der Waals surface area (Å²) in [6.07, 6.45) is 1.42. The predicted molar refractivity (Wildman–Crippen MR) is 179 cm³/mol. The van der Waals surface area contributed by atoms with Crippen LogP contribution in [-0.2, 0) is 37.8 Å². The van der Waals surface area contributed by atoms with Crippen molar-refractivity contribution in [2.24, 2.45) is 11.1 Å². The van der Waals surface area contributed by atoms with Crippen molar-refractivity contribution >= 4 is 40.3 Å². The summed E-state index contributed by atoms with van der Waals surface area (Å²) in [5.41, 5.74) is 6.21. The molecule has 4 atom stereocenters. The molecule has 2 saturated heterocycles. The number of nitrogens with zero attached hydrogens (tertiary/aromatic N) is 2. The molecule has 1 saturated carbocycles. The maximum atomic E-state index is 14.3. The minimum atomic E-state index is -1.56. The number of para-hydroxylation sites is 1. The molecule has 0 spiro atoms. The van der Waals surface area contributed by atoms with Gasteiger partial charge in [0.05, 0.1) is 19.8 Å². The van der Waals surface area contributed by atoms with Gasteiger partial charge in [-0.25, -0.2) is 0 Å². The number of ether oxygens (including phenoxy) is 2. The van der Waals surface area contributed by atoms with Gasteiger partial charge in [0.1, 0.15) is 40.2 Å². The Bertz CT molecular complexity index is 1600. The number of fused-ring (bicyclic) bond motifs is 1. The third kappa shape index (κ3) is 6.28. The summed E-state index contributed by atoms with van der Waals surface area (Å²) in [4.78, 5) is 30.4. The Morgan fingerprint density at radius 2 is 1.83 bits per heavy atom. The molecule has 3 aromatic rings. The van der Waals surface area contributed by atoms with E-state index >= 15 is 0 Å². The van der Waals surface area contributed by atoms with Crippen LogP contribution in [0.3, 0.4) is 0 Å². The van der Waals surface area contributed by atoms with Gasteiger partial charge in [-0.1, -0.05) is 37.3 Å². The first-order valence-electron chi connectivity index (χ1n) is 15.4. The molecule has 6 rings (SSSR count). The van der Waals surface area contributed by atoms with Gasteiger partial charge in [-0.3, -0.25) is 15.0 Å². The number of thiophene rings is 1. The van der Waals surface area contributed by atoms with Crippen LogP contribution in [0.15, 0.2) is 66.0 Å². The van der Waals surface area contributed by atoms with Crippen molar-refractivity contribution in [3.05, 3.63) is 82.0 Å². The number of carbonyl (C=O) groups is 2. The molecule has 3 aliphatic rings. The second-order valence-corrected chi connectivity index (χ2v) is 16.8. The fourth-order valence-electron chi connectivity index (χ4n) is 6.38. The van der Waals surface area contributed by atoms with Crippen LogP contribution in [0, 0.1) is 10.8 Å². The zero-order valence-corrected chi connectivity index (χ0v) is 28.2. The molecule has 12 heteroatoms. The van der Waals surface area contributed by atoms with Crippen molar-refractivity contribution in [2.45, 2.75) is 69.5 Å². The van der Waals surface area contributed by atoms with E-state index in [2.05, 4.69) is 12.2 Å². The van der Waals surface area contributed by atoms with Gasteiger partial charge in [0, 0.05) is 33.2 Å². The maximum Gasteiger partial charge on any atom is 0.243 e. The molecular formula is C34H41N5O5S2. The molecule has 1 unspecified atom stereocenters. The van der Waals surface area contributed by atoms with E-state index in [-0.39, 0.29) is 48.9 Å². The summed E-state index contributed by atoms with van der Waals surface area (Å²) in [7, 11) is 0. The number of rotatable bonds is 11. The van der Waals surface area contributed by atoms with Crippen LogP contribution in [0.25, 0.3) is 0 Å². The van der Waals surface area contributed by atoms with Gasteiger partial charge in [0.15, 0.2) is 0 Å². The van der Waals surface area contributed by atoms with Gasteiger partial charge in [-0.05, 0) is 74.9 Å². The normalized spacial score (nSPS) is 23.7. The Labute approximate surface area is 277 Å². The Morgan fingerprint density at radius 3 is 2.41 bits per heavy atom. The van der Waals surface area contributed by atoms with Gasteiger partial charge >= 0.3 is 0 Å². The van der Waals surface area contributed by atoms with Gasteiger partial charge in [-0.15, -0.1) is 15.6 Å². The third-order valence-corrected chi connectivity index (χ3v) is 12.0. The quantitative estimate of drug-likeness (QED) is 0.156. The van der Waals surface area contributed by atoms with Crippen LogP contribution in [0.5, 0.6) is 11.5 Å². The van der Waals surface area contributed by atoms with Crippen LogP contribution < -0.4 is 15.8 Å². The average Bonchev–Trinajstić information content (AvgIpc) is 3.30. The molecule has 244 valence electrons. The number of hydrogen-bond acceptors (Lipinski definition) is 8. The number of nitrogen functional groups attached to an aromatic ring is 1. The first kappa shape index (κ1) is 32.5. The fraction of sp³-hybridized carbons (Fsp3) is 0.441. The van der Waals surface area contributed by atoms with Gasteiger partial charge < -0.3 is 30.0 Å². The van der Waals surface area contributed by atoms with Crippen molar-refractivity contribution in [1.29, 1.82) is 5.41 Å². The topological polar surface area (TPSA) is 144 Å². The fourth-order valence-corrected chi connectivity index (χ4v) is 8.62. The molecule has 46 heavy (non-hydrogen) atoms. The number of amidine groups is 1. The summed E-state index contributed by atoms with van der Waals surface area (Å²) in [6.45, 7) is 8.57. The molecule has 0 radical (unpaired) electrons. The lowest BCUT2D eigenvalue weighted by Crippen LogP contribution is -2.65. The molecule has 4 N–H and O–H groups in total. The van der Waals surface area contributed by atoms with E-state index in [4.69, 9.17) is 20.6 Å². The Hall–Kier alpha value is -3.42. The molecule has 1 aromatic heterocycles. The predicted octanol–water partition coefficient (Wildman–Crippen LogP) is 4.51. The zero-order chi connectivity index (χ0) is 32.9. The molecule has 2 aromatic carbocycles.